The Kier molecular flexibility index (Phi) is 14.7. The summed E-state index contributed by atoms with van der Waals surface area (Å²) in [6.45, 7) is 3.87. The summed E-state index contributed by atoms with van der Waals surface area (Å²) in [5, 5.41) is 17.1. The van der Waals surface area contributed by atoms with E-state index in [2.05, 4.69) is 20.9 Å². The number of guanidine groups is 1. The number of aliphatic carboxylic acids is 1. The molecule has 1 rings (SSSR count). The maximum atomic E-state index is 13.2. The Morgan fingerprint density at radius 2 is 1.43 bits per heavy atom. The molecule has 12 N–H and O–H groups in total. The maximum Gasteiger partial charge on any atom is 0.326 e. The van der Waals surface area contributed by atoms with Crippen molar-refractivity contribution in [3.8, 4) is 0 Å². The average molecular weight is 563 g/mol. The molecule has 0 fully saturated rings. The lowest BCUT2D eigenvalue weighted by molar-refractivity contribution is -0.142. The number of benzene rings is 1. The molecule has 4 atom stereocenters. The minimum absolute atomic E-state index is 0.0131. The number of rotatable bonds is 18. The lowest BCUT2D eigenvalue weighted by Gasteiger charge is -2.26. The minimum Gasteiger partial charge on any atom is -0.480 e. The molecule has 0 radical (unpaired) electrons. The zero-order valence-electron chi connectivity index (χ0n) is 23.0. The number of nitrogens with one attached hydrogen (secondary N) is 3. The molecule has 0 heterocycles. The van der Waals surface area contributed by atoms with Crippen molar-refractivity contribution >= 4 is 35.6 Å². The summed E-state index contributed by atoms with van der Waals surface area (Å²) >= 11 is 0. The first-order chi connectivity index (χ1) is 18.8. The van der Waals surface area contributed by atoms with Gasteiger partial charge in [0.1, 0.15) is 18.1 Å². The van der Waals surface area contributed by atoms with E-state index in [1.54, 1.807) is 0 Å². The van der Waals surface area contributed by atoms with Gasteiger partial charge >= 0.3 is 5.97 Å². The molecule has 14 heteroatoms. The van der Waals surface area contributed by atoms with E-state index >= 15 is 0 Å². The standard InChI is InChI=1S/C26H42N8O6/c1-15(2)13-20(34-22(36)17(27)14-16-7-4-3-5-8-16)24(38)32-18(10-11-21(28)35)23(37)33-19(25(39)40)9-6-12-31-26(29)30/h3-5,7-8,15,17-20H,6,9-14,27H2,1-2H3,(H2,28,35)(H,32,38)(H,33,37)(H,34,36)(H,39,40)(H4,29,30,31)/t17-,18-,19-,20-/m0/s1. The summed E-state index contributed by atoms with van der Waals surface area (Å²) in [5.74, 6) is -4.21. The molecular weight excluding hydrogens is 520 g/mol. The molecule has 4 amide bonds. The van der Waals surface area contributed by atoms with Crippen molar-refractivity contribution in [3.05, 3.63) is 35.9 Å². The molecule has 0 unspecified atom stereocenters. The monoisotopic (exact) mass is 562 g/mol. The summed E-state index contributed by atoms with van der Waals surface area (Å²) in [5.41, 5.74) is 22.7. The van der Waals surface area contributed by atoms with Crippen LogP contribution in [0, 0.1) is 5.92 Å². The van der Waals surface area contributed by atoms with Crippen molar-refractivity contribution in [1.29, 1.82) is 0 Å². The number of aliphatic imine (C=N–C) groups is 1. The second-order valence-corrected chi connectivity index (χ2v) is 9.90. The third-order valence-electron chi connectivity index (χ3n) is 5.85. The largest absolute Gasteiger partial charge is 0.480 e. The van der Waals surface area contributed by atoms with Crippen LogP contribution in [0.4, 0.5) is 0 Å². The van der Waals surface area contributed by atoms with E-state index < -0.39 is 53.8 Å². The van der Waals surface area contributed by atoms with Crippen molar-refractivity contribution in [3.63, 3.8) is 0 Å². The Labute approximate surface area is 233 Å². The van der Waals surface area contributed by atoms with Crippen LogP contribution in [0.2, 0.25) is 0 Å². The molecule has 1 aromatic carbocycles. The molecule has 0 spiro atoms. The Hall–Kier alpha value is -4.20. The van der Waals surface area contributed by atoms with Crippen LogP contribution in [0.3, 0.4) is 0 Å². The number of primary amides is 1. The van der Waals surface area contributed by atoms with E-state index in [9.17, 15) is 29.1 Å². The molecule has 0 aliphatic heterocycles. The van der Waals surface area contributed by atoms with E-state index in [1.807, 2.05) is 44.2 Å². The highest BCUT2D eigenvalue weighted by atomic mass is 16.4. The number of hydrogen-bond donors (Lipinski definition) is 8. The first-order valence-corrected chi connectivity index (χ1v) is 13.1. The van der Waals surface area contributed by atoms with Crippen molar-refractivity contribution in [2.24, 2.45) is 33.8 Å². The van der Waals surface area contributed by atoms with Crippen LogP contribution in [-0.4, -0.2) is 71.4 Å². The first kappa shape index (κ1) is 33.8. The van der Waals surface area contributed by atoms with E-state index in [1.165, 1.54) is 0 Å². The van der Waals surface area contributed by atoms with Crippen molar-refractivity contribution in [2.75, 3.05) is 6.54 Å². The van der Waals surface area contributed by atoms with Crippen LogP contribution < -0.4 is 38.9 Å². The number of amides is 4. The van der Waals surface area contributed by atoms with E-state index in [0.717, 1.165) is 5.56 Å². The average Bonchev–Trinajstić information content (AvgIpc) is 2.87. The molecule has 40 heavy (non-hydrogen) atoms. The zero-order valence-corrected chi connectivity index (χ0v) is 23.0. The molecule has 0 bridgehead atoms. The lowest BCUT2D eigenvalue weighted by atomic mass is 10.0. The molecule has 14 nitrogen and oxygen atoms in total. The smallest absolute Gasteiger partial charge is 0.326 e. The maximum absolute atomic E-state index is 13.2. The van der Waals surface area contributed by atoms with Crippen molar-refractivity contribution in [1.82, 2.24) is 16.0 Å². The van der Waals surface area contributed by atoms with Gasteiger partial charge in [-0.1, -0.05) is 44.2 Å². The fourth-order valence-electron chi connectivity index (χ4n) is 3.80. The predicted octanol–water partition coefficient (Wildman–Crippen LogP) is -1.54. The van der Waals surface area contributed by atoms with E-state index in [0.29, 0.717) is 0 Å². The van der Waals surface area contributed by atoms with Crippen LogP contribution in [0.25, 0.3) is 0 Å². The fraction of sp³-hybridized carbons (Fsp3) is 0.538. The summed E-state index contributed by atoms with van der Waals surface area (Å²) in [6, 6.07) is 4.62. The van der Waals surface area contributed by atoms with Gasteiger partial charge in [0.05, 0.1) is 6.04 Å². The summed E-state index contributed by atoms with van der Waals surface area (Å²) in [4.78, 5) is 65.9. The molecule has 0 saturated heterocycles. The van der Waals surface area contributed by atoms with Gasteiger partial charge in [0, 0.05) is 13.0 Å². The van der Waals surface area contributed by atoms with Gasteiger partial charge in [-0.3, -0.25) is 24.2 Å². The first-order valence-electron chi connectivity index (χ1n) is 13.1. The highest BCUT2D eigenvalue weighted by Gasteiger charge is 2.30. The van der Waals surface area contributed by atoms with Gasteiger partial charge in [-0.05, 0) is 43.6 Å². The lowest BCUT2D eigenvalue weighted by Crippen LogP contribution is -2.57. The Morgan fingerprint density at radius 3 is 1.98 bits per heavy atom. The normalized spacial score (nSPS) is 13.8. The van der Waals surface area contributed by atoms with Crippen LogP contribution in [0.5, 0.6) is 0 Å². The predicted molar refractivity (Wildman–Crippen MR) is 149 cm³/mol. The number of carboxylic acids is 1. The number of hydrogen-bond acceptors (Lipinski definition) is 7. The van der Waals surface area contributed by atoms with Crippen LogP contribution in [0.15, 0.2) is 35.3 Å². The third kappa shape index (κ3) is 13.6. The highest BCUT2D eigenvalue weighted by Crippen LogP contribution is 2.09. The Balaban J connectivity index is 2.97. The van der Waals surface area contributed by atoms with Gasteiger partial charge in [0.25, 0.3) is 0 Å². The highest BCUT2D eigenvalue weighted by molar-refractivity contribution is 5.94. The topological polar surface area (TPSA) is 258 Å². The number of carboxylic acid groups (broad SMARTS) is 1. The van der Waals surface area contributed by atoms with Gasteiger partial charge in [0.2, 0.25) is 23.6 Å². The van der Waals surface area contributed by atoms with Gasteiger partial charge in [-0.15, -0.1) is 0 Å². The number of nitrogens with two attached hydrogens (primary N) is 4. The van der Waals surface area contributed by atoms with E-state index in [-0.39, 0.29) is 56.9 Å². The minimum atomic E-state index is -1.30. The van der Waals surface area contributed by atoms with Crippen molar-refractivity contribution < 1.29 is 29.1 Å². The second kappa shape index (κ2) is 17.4. The Bertz CT molecular complexity index is 1030. The number of carbonyl (C=O) groups is 5. The van der Waals surface area contributed by atoms with Gasteiger partial charge in [0.15, 0.2) is 5.96 Å². The SMILES string of the molecule is CC(C)C[C@H](NC(=O)[C@@H](N)Cc1ccccc1)C(=O)N[C@@H](CCC(N)=O)C(=O)N[C@@H](CCCN=C(N)N)C(=O)O. The van der Waals surface area contributed by atoms with Crippen molar-refractivity contribution in [2.45, 2.75) is 76.5 Å². The van der Waals surface area contributed by atoms with Gasteiger partial charge < -0.3 is 44.0 Å². The molecule has 0 aliphatic carbocycles. The van der Waals surface area contributed by atoms with Gasteiger partial charge in [-0.25, -0.2) is 4.79 Å². The third-order valence-corrected chi connectivity index (χ3v) is 5.85. The second-order valence-electron chi connectivity index (χ2n) is 9.90. The number of carbonyl (C=O) groups excluding carboxylic acids is 4. The zero-order chi connectivity index (χ0) is 30.2. The number of nitrogens with zero attached hydrogens (tertiary/aromatic N) is 1. The summed E-state index contributed by atoms with van der Waals surface area (Å²) in [6.07, 6.45) is 0.347. The Morgan fingerprint density at radius 1 is 0.850 bits per heavy atom. The van der Waals surface area contributed by atoms with E-state index in [4.69, 9.17) is 22.9 Å². The molecule has 222 valence electrons. The summed E-state index contributed by atoms with van der Waals surface area (Å²) in [7, 11) is 0. The molecule has 0 aromatic heterocycles. The molecule has 1 aromatic rings. The molecule has 0 aliphatic rings. The molecular formula is C26H42N8O6. The van der Waals surface area contributed by atoms with Crippen LogP contribution >= 0.6 is 0 Å². The molecule has 0 saturated carbocycles. The summed E-state index contributed by atoms with van der Waals surface area (Å²) < 4.78 is 0. The van der Waals surface area contributed by atoms with Gasteiger partial charge in [-0.2, -0.15) is 0 Å². The fourth-order valence-corrected chi connectivity index (χ4v) is 3.80. The quantitative estimate of drug-likeness (QED) is 0.0585. The van der Waals surface area contributed by atoms with Crippen LogP contribution in [0.1, 0.15) is 51.5 Å². The van der Waals surface area contributed by atoms with Crippen LogP contribution in [-0.2, 0) is 30.4 Å².